The molecule has 4 aliphatic rings. The third-order valence-corrected chi connectivity index (χ3v) is 13.5. The highest BCUT2D eigenvalue weighted by Gasteiger charge is 2.33. The van der Waals surface area contributed by atoms with Crippen LogP contribution < -0.4 is 9.80 Å². The van der Waals surface area contributed by atoms with Crippen LogP contribution in [0.25, 0.3) is 0 Å². The molecule has 4 aromatic carbocycles. The summed E-state index contributed by atoms with van der Waals surface area (Å²) in [6.45, 7) is 13.7. The van der Waals surface area contributed by atoms with Gasteiger partial charge in [-0.1, -0.05) is 59.4 Å². The molecule has 15 heteroatoms. The second-order valence-electron chi connectivity index (χ2n) is 14.8. The van der Waals surface area contributed by atoms with Crippen molar-refractivity contribution in [3.8, 4) is 0 Å². The fraction of sp³-hybridized carbons (Fsp3) is 0.442. The number of benzene rings is 4. The largest absolute Gasteiger partial charge is 0.416 e. The van der Waals surface area contributed by atoms with Crippen molar-refractivity contribution < 1.29 is 23.4 Å². The zero-order valence-electron chi connectivity index (χ0n) is 32.6. The van der Waals surface area contributed by atoms with E-state index in [9.17, 15) is 13.2 Å². The minimum Gasteiger partial charge on any atom is -0.395 e. The number of anilines is 4. The van der Waals surface area contributed by atoms with Crippen molar-refractivity contribution in [3.05, 3.63) is 95.5 Å². The molecule has 2 saturated heterocycles. The third-order valence-electron chi connectivity index (χ3n) is 11.0. The maximum Gasteiger partial charge on any atom is 0.416 e. The smallest absolute Gasteiger partial charge is 0.395 e. The summed E-state index contributed by atoms with van der Waals surface area (Å²) in [4.78, 5) is 18.5. The maximum absolute atomic E-state index is 13.3. The molecule has 0 saturated carbocycles. The van der Waals surface area contributed by atoms with E-state index < -0.39 is 11.7 Å². The molecular weight excluding hydrogens is 825 g/mol. The Bertz CT molecular complexity index is 1930. The Hall–Kier alpha value is -2.69. The number of fused-ring (bicyclic) bond motifs is 4. The fourth-order valence-electron chi connectivity index (χ4n) is 7.95. The van der Waals surface area contributed by atoms with E-state index in [4.69, 9.17) is 21.8 Å². The van der Waals surface area contributed by atoms with Crippen molar-refractivity contribution >= 4 is 70.3 Å². The van der Waals surface area contributed by atoms with Gasteiger partial charge in [-0.25, -0.2) is 0 Å². The molecule has 0 aromatic heterocycles. The first-order valence-corrected chi connectivity index (χ1v) is 21.9. The summed E-state index contributed by atoms with van der Waals surface area (Å²) in [6, 6.07) is 26.8. The number of hydrogen-bond acceptors (Lipinski definition) is 10. The molecule has 0 aliphatic carbocycles. The van der Waals surface area contributed by atoms with Gasteiger partial charge in [0.2, 0.25) is 0 Å². The van der Waals surface area contributed by atoms with Gasteiger partial charge in [0, 0.05) is 103 Å². The molecule has 0 bridgehead atoms. The Morgan fingerprint density at radius 3 is 1.34 bits per heavy atom. The van der Waals surface area contributed by atoms with Gasteiger partial charge >= 0.3 is 6.18 Å². The minimum absolute atomic E-state index is 0. The lowest BCUT2D eigenvalue weighted by molar-refractivity contribution is -0.137. The standard InChI is InChI=1S/C22H26F3N3OS.C21H26ClN3OS.ClH/c23-22(24,25)17-6-7-21-19(16-17)28(18-4-1-2-5-20(18)30-21)9-3-8-26-10-12-27(13-11-26)14-15-29;22-17-6-7-21-19(16-17)25(18-4-1-2-5-20(18)27-21)9-3-8-23-10-12-24(13-11-23)14-15-26;/h1-2,4-7,16,29H,3,8-15H2;1-2,4-7,16,26H,3,8-15H2;1H. The predicted octanol–water partition coefficient (Wildman–Crippen LogP) is 8.67. The number of β-amino-alcohol motifs (C(OH)–C–C–N with tert-alkyl or cyclic N) is 2. The molecule has 58 heavy (non-hydrogen) atoms. The van der Waals surface area contributed by atoms with Crippen LogP contribution in [0.5, 0.6) is 0 Å². The van der Waals surface area contributed by atoms with E-state index in [2.05, 4.69) is 60.9 Å². The van der Waals surface area contributed by atoms with E-state index in [0.717, 1.165) is 112 Å². The van der Waals surface area contributed by atoms with Gasteiger partial charge < -0.3 is 29.8 Å². The highest BCUT2D eigenvalue weighted by atomic mass is 35.5. The molecule has 0 amide bonds. The first-order chi connectivity index (χ1) is 27.7. The fourth-order valence-corrected chi connectivity index (χ4v) is 10.3. The summed E-state index contributed by atoms with van der Waals surface area (Å²) in [6.07, 6.45) is -2.36. The van der Waals surface area contributed by atoms with Crippen LogP contribution in [0.3, 0.4) is 0 Å². The second-order valence-corrected chi connectivity index (χ2v) is 17.4. The average Bonchev–Trinajstić information content (AvgIpc) is 3.21. The Labute approximate surface area is 360 Å². The van der Waals surface area contributed by atoms with Crippen LogP contribution in [0, 0.1) is 0 Å². The van der Waals surface area contributed by atoms with Crippen LogP contribution in [0.1, 0.15) is 18.4 Å². The molecule has 0 atom stereocenters. The van der Waals surface area contributed by atoms with Gasteiger partial charge in [0.25, 0.3) is 0 Å². The normalized spacial score (nSPS) is 17.3. The lowest BCUT2D eigenvalue weighted by Gasteiger charge is -2.36. The summed E-state index contributed by atoms with van der Waals surface area (Å²) in [7, 11) is 0. The SMILES string of the molecule is Cl.OCCN1CCN(CCCN2c3ccccc3Sc3ccc(C(F)(F)F)cc32)CC1.OCCN1CCN(CCCN2c3ccccc3Sc3ccc(Cl)cc32)CC1. The maximum atomic E-state index is 13.3. The number of piperazine rings is 2. The van der Waals surface area contributed by atoms with Crippen LogP contribution in [-0.4, -0.2) is 135 Å². The second kappa shape index (κ2) is 21.2. The van der Waals surface area contributed by atoms with Crippen molar-refractivity contribution in [2.45, 2.75) is 38.6 Å². The summed E-state index contributed by atoms with van der Waals surface area (Å²) in [5.41, 5.74) is 3.51. The van der Waals surface area contributed by atoms with Gasteiger partial charge in [-0.2, -0.15) is 13.2 Å². The summed E-state index contributed by atoms with van der Waals surface area (Å²) >= 11 is 9.65. The molecular formula is C43H53Cl2F3N6O2S2. The van der Waals surface area contributed by atoms with Crippen molar-refractivity contribution in [2.24, 2.45) is 0 Å². The topological polar surface area (TPSA) is 59.9 Å². The van der Waals surface area contributed by atoms with Gasteiger partial charge in [-0.05, 0) is 86.6 Å². The molecule has 0 spiro atoms. The summed E-state index contributed by atoms with van der Waals surface area (Å²) in [5.74, 6) is 0. The molecule has 2 N–H and O–H groups in total. The molecule has 8 nitrogen and oxygen atoms in total. The van der Waals surface area contributed by atoms with Crippen LogP contribution in [0.4, 0.5) is 35.9 Å². The monoisotopic (exact) mass is 876 g/mol. The van der Waals surface area contributed by atoms with E-state index in [0.29, 0.717) is 18.8 Å². The van der Waals surface area contributed by atoms with E-state index in [1.807, 2.05) is 47.0 Å². The van der Waals surface area contributed by atoms with E-state index in [1.165, 1.54) is 45.1 Å². The number of aliphatic hydroxyl groups is 2. The van der Waals surface area contributed by atoms with Crippen LogP contribution in [-0.2, 0) is 6.18 Å². The number of halogens is 5. The Morgan fingerprint density at radius 1 is 0.500 bits per heavy atom. The third kappa shape index (κ3) is 11.4. The van der Waals surface area contributed by atoms with Crippen molar-refractivity contribution in [3.63, 3.8) is 0 Å². The van der Waals surface area contributed by atoms with Crippen molar-refractivity contribution in [2.75, 3.05) is 115 Å². The number of hydrogen-bond donors (Lipinski definition) is 2. The van der Waals surface area contributed by atoms with Crippen LogP contribution in [0.2, 0.25) is 5.02 Å². The first-order valence-electron chi connectivity index (χ1n) is 19.9. The molecule has 4 aromatic rings. The number of para-hydroxylation sites is 2. The summed E-state index contributed by atoms with van der Waals surface area (Å²) in [5, 5.41) is 18.9. The number of alkyl halides is 3. The first kappa shape index (κ1) is 44.9. The highest BCUT2D eigenvalue weighted by molar-refractivity contribution is 8.00. The molecule has 0 radical (unpaired) electrons. The van der Waals surface area contributed by atoms with Crippen molar-refractivity contribution in [1.29, 1.82) is 0 Å². The molecule has 4 aliphatic heterocycles. The van der Waals surface area contributed by atoms with E-state index in [-0.39, 0.29) is 25.6 Å². The molecule has 2 fully saturated rings. The lowest BCUT2D eigenvalue weighted by atomic mass is 10.1. The quantitative estimate of drug-likeness (QED) is 0.145. The lowest BCUT2D eigenvalue weighted by Crippen LogP contribution is -2.47. The number of aliphatic hydroxyl groups excluding tert-OH is 2. The predicted molar refractivity (Wildman–Crippen MR) is 234 cm³/mol. The van der Waals surface area contributed by atoms with Crippen LogP contribution >= 0.6 is 47.5 Å². The van der Waals surface area contributed by atoms with Gasteiger partial charge in [-0.3, -0.25) is 9.80 Å². The number of rotatable bonds is 12. The molecule has 4 heterocycles. The molecule has 0 unspecified atom stereocenters. The van der Waals surface area contributed by atoms with Crippen molar-refractivity contribution in [1.82, 2.24) is 19.6 Å². The van der Waals surface area contributed by atoms with Crippen LogP contribution in [0.15, 0.2) is 105 Å². The molecule has 8 rings (SSSR count). The van der Waals surface area contributed by atoms with Gasteiger partial charge in [0.1, 0.15) is 0 Å². The zero-order valence-corrected chi connectivity index (χ0v) is 35.8. The highest BCUT2D eigenvalue weighted by Crippen LogP contribution is 2.50. The van der Waals surface area contributed by atoms with Gasteiger partial charge in [-0.15, -0.1) is 12.4 Å². The van der Waals surface area contributed by atoms with Gasteiger partial charge in [0.05, 0.1) is 41.5 Å². The van der Waals surface area contributed by atoms with E-state index in [1.54, 1.807) is 6.07 Å². The Balaban J connectivity index is 0.000000193. The summed E-state index contributed by atoms with van der Waals surface area (Å²) < 4.78 is 39.9. The van der Waals surface area contributed by atoms with Gasteiger partial charge in [0.15, 0.2) is 0 Å². The average molecular weight is 878 g/mol. The Morgan fingerprint density at radius 2 is 0.897 bits per heavy atom. The number of nitrogens with zero attached hydrogens (tertiary/aromatic N) is 6. The van der Waals surface area contributed by atoms with E-state index >= 15 is 0 Å². The minimum atomic E-state index is -4.35. The molecule has 314 valence electrons. The zero-order chi connectivity index (χ0) is 39.8. The Kier molecular flexibility index (Phi) is 16.4.